The zero-order valence-electron chi connectivity index (χ0n) is 14.2. The van der Waals surface area contributed by atoms with Gasteiger partial charge in [0, 0.05) is 48.0 Å². The summed E-state index contributed by atoms with van der Waals surface area (Å²) < 4.78 is 4.02. The molecule has 2 aromatic rings. The highest BCUT2D eigenvalue weighted by Gasteiger charge is 2.24. The van der Waals surface area contributed by atoms with Crippen LogP contribution in [0.1, 0.15) is 23.8 Å². The lowest BCUT2D eigenvalue weighted by atomic mass is 10.1. The fourth-order valence-corrected chi connectivity index (χ4v) is 5.54. The lowest BCUT2D eigenvalue weighted by Crippen LogP contribution is -2.11. The molecule has 1 saturated heterocycles. The Morgan fingerprint density at radius 2 is 2.27 bits per heavy atom. The zero-order chi connectivity index (χ0) is 18.7. The van der Waals surface area contributed by atoms with Gasteiger partial charge in [-0.15, -0.1) is 0 Å². The molecule has 2 heterocycles. The van der Waals surface area contributed by atoms with Crippen molar-refractivity contribution in [1.82, 2.24) is 3.97 Å². The Balaban J connectivity index is 2.18. The fourth-order valence-electron chi connectivity index (χ4n) is 2.81. The molecule has 0 atom stereocenters. The summed E-state index contributed by atoms with van der Waals surface area (Å²) in [7, 11) is 2.87. The number of hydrogen-bond donors (Lipinski definition) is 0. The quantitative estimate of drug-likeness (QED) is 0.106. The number of anilines is 1. The second-order valence-corrected chi connectivity index (χ2v) is 8.25. The van der Waals surface area contributed by atoms with Crippen molar-refractivity contribution in [3.05, 3.63) is 35.5 Å². The molecule has 0 aliphatic carbocycles. The lowest BCUT2D eigenvalue weighted by Gasteiger charge is -2.19. The predicted octanol–water partition coefficient (Wildman–Crippen LogP) is 4.94. The molecule has 1 aromatic heterocycles. The van der Waals surface area contributed by atoms with Crippen LogP contribution in [-0.2, 0) is 4.89 Å². The maximum atomic E-state index is 12.7. The first kappa shape index (κ1) is 19.4. The average molecular weight is 501 g/mol. The van der Waals surface area contributed by atoms with Crippen molar-refractivity contribution in [2.24, 2.45) is 0 Å². The van der Waals surface area contributed by atoms with Gasteiger partial charge in [0.05, 0.1) is 23.9 Å². The first-order valence-electron chi connectivity index (χ1n) is 7.85. The Morgan fingerprint density at radius 3 is 2.85 bits per heavy atom. The maximum absolute atomic E-state index is 12.7. The van der Waals surface area contributed by atoms with Gasteiger partial charge in [0.1, 0.15) is 11.8 Å². The third-order valence-electron chi connectivity index (χ3n) is 3.99. The highest BCUT2D eigenvalue weighted by molar-refractivity contribution is 14.2. The molecule has 136 valence electrons. The standard InChI is InChI=1S/C17H16IN3O3S2/c1-3-11(10-19)17(22)15-7-12-8-16(24-23-2)14(20-5-4-6-25-20)9-13(12)21(15)26-18/h3,7-9H,4-6H2,1-2H3/b11-3+. The number of halogens is 1. The van der Waals surface area contributed by atoms with Crippen molar-refractivity contribution < 1.29 is 14.6 Å². The molecule has 0 saturated carbocycles. The van der Waals surface area contributed by atoms with Crippen LogP contribution in [0.2, 0.25) is 0 Å². The number of Topliss-reactive ketones (excluding diaryl/α,β-unsaturated/α-hetero) is 1. The van der Waals surface area contributed by atoms with Crippen LogP contribution in [0.3, 0.4) is 0 Å². The highest BCUT2D eigenvalue weighted by Crippen LogP contribution is 2.41. The zero-order valence-corrected chi connectivity index (χ0v) is 18.0. The van der Waals surface area contributed by atoms with Crippen LogP contribution < -0.4 is 9.19 Å². The number of aromatic nitrogens is 1. The van der Waals surface area contributed by atoms with Crippen molar-refractivity contribution in [2.75, 3.05) is 23.7 Å². The number of carbonyl (C=O) groups is 1. The summed E-state index contributed by atoms with van der Waals surface area (Å²) in [6, 6.07) is 7.63. The van der Waals surface area contributed by atoms with Gasteiger partial charge in [0.2, 0.25) is 5.78 Å². The molecule has 0 N–H and O–H groups in total. The Kier molecular flexibility index (Phi) is 6.39. The first-order chi connectivity index (χ1) is 12.6. The summed E-state index contributed by atoms with van der Waals surface area (Å²) in [5.41, 5.74) is 2.40. The molecule has 1 aliphatic heterocycles. The number of nitrogens with zero attached hydrogens (tertiary/aromatic N) is 3. The van der Waals surface area contributed by atoms with E-state index in [-0.39, 0.29) is 11.4 Å². The molecule has 0 unspecified atom stereocenters. The summed E-state index contributed by atoms with van der Waals surface area (Å²) in [6.07, 6.45) is 2.64. The Bertz CT molecular complexity index is 914. The first-order valence-corrected chi connectivity index (χ1v) is 12.1. The van der Waals surface area contributed by atoms with Crippen molar-refractivity contribution in [2.45, 2.75) is 13.3 Å². The van der Waals surface area contributed by atoms with E-state index < -0.39 is 0 Å². The van der Waals surface area contributed by atoms with E-state index in [2.05, 4.69) is 25.5 Å². The second kappa shape index (κ2) is 8.56. The molecule has 1 fully saturated rings. The topological polar surface area (TPSA) is 67.5 Å². The van der Waals surface area contributed by atoms with Gasteiger partial charge in [-0.05, 0) is 43.5 Å². The maximum Gasteiger partial charge on any atom is 0.220 e. The van der Waals surface area contributed by atoms with E-state index in [1.54, 1.807) is 24.9 Å². The van der Waals surface area contributed by atoms with Crippen LogP contribution in [0.15, 0.2) is 29.8 Å². The SMILES string of the molecule is C/C=C(\C#N)C(=O)c1cc2cc(OOC)c(N3CCCS3)cc2n1SI. The van der Waals surface area contributed by atoms with E-state index in [1.807, 2.05) is 22.2 Å². The molecular weight excluding hydrogens is 485 g/mol. The summed E-state index contributed by atoms with van der Waals surface area (Å²) in [4.78, 5) is 23.0. The van der Waals surface area contributed by atoms with Gasteiger partial charge in [0.15, 0.2) is 5.75 Å². The minimum absolute atomic E-state index is 0.128. The smallest absolute Gasteiger partial charge is 0.220 e. The molecular formula is C17H16IN3O3S2. The molecule has 0 amide bonds. The number of hydrogen-bond acceptors (Lipinski definition) is 7. The summed E-state index contributed by atoms with van der Waals surface area (Å²) >= 11 is 3.88. The minimum Gasteiger partial charge on any atom is -0.336 e. The third-order valence-corrected chi connectivity index (χ3v) is 6.86. The van der Waals surface area contributed by atoms with E-state index in [0.717, 1.165) is 35.3 Å². The molecule has 1 aromatic carbocycles. The van der Waals surface area contributed by atoms with Crippen molar-refractivity contribution >= 4 is 64.6 Å². The van der Waals surface area contributed by atoms with Crippen LogP contribution in [0.25, 0.3) is 10.9 Å². The van der Waals surface area contributed by atoms with Gasteiger partial charge < -0.3 is 9.19 Å². The summed E-state index contributed by atoms with van der Waals surface area (Å²) in [6.45, 7) is 2.62. The van der Waals surface area contributed by atoms with Crippen LogP contribution in [0.5, 0.6) is 5.75 Å². The van der Waals surface area contributed by atoms with Crippen LogP contribution >= 0.6 is 42.3 Å². The normalized spacial score (nSPS) is 14.7. The van der Waals surface area contributed by atoms with Crippen LogP contribution in [0.4, 0.5) is 5.69 Å². The molecule has 1 aliphatic rings. The van der Waals surface area contributed by atoms with Crippen molar-refractivity contribution in [3.8, 4) is 11.8 Å². The lowest BCUT2D eigenvalue weighted by molar-refractivity contribution is -0.177. The van der Waals surface area contributed by atoms with E-state index in [9.17, 15) is 10.1 Å². The highest BCUT2D eigenvalue weighted by atomic mass is 127. The molecule has 9 heteroatoms. The van der Waals surface area contributed by atoms with E-state index in [1.165, 1.54) is 22.3 Å². The predicted molar refractivity (Wildman–Crippen MR) is 115 cm³/mol. The number of fused-ring (bicyclic) bond motifs is 1. The molecule has 0 bridgehead atoms. The van der Waals surface area contributed by atoms with Crippen molar-refractivity contribution in [1.29, 1.82) is 5.26 Å². The Hall–Kier alpha value is -1.35. The largest absolute Gasteiger partial charge is 0.336 e. The number of benzene rings is 1. The third kappa shape index (κ3) is 3.55. The van der Waals surface area contributed by atoms with E-state index in [4.69, 9.17) is 9.78 Å². The molecule has 0 spiro atoms. The number of rotatable bonds is 6. The number of nitriles is 1. The van der Waals surface area contributed by atoms with Crippen LogP contribution in [-0.4, -0.2) is 29.2 Å². The fraction of sp³-hybridized carbons (Fsp3) is 0.294. The van der Waals surface area contributed by atoms with Crippen LogP contribution in [0, 0.1) is 11.3 Å². The number of ketones is 1. The second-order valence-electron chi connectivity index (χ2n) is 5.45. The summed E-state index contributed by atoms with van der Waals surface area (Å²) in [5.74, 6) is 1.38. The molecule has 26 heavy (non-hydrogen) atoms. The van der Waals surface area contributed by atoms with Gasteiger partial charge in [-0.25, -0.2) is 0 Å². The average Bonchev–Trinajstić information content (AvgIpc) is 3.29. The Morgan fingerprint density at radius 1 is 1.46 bits per heavy atom. The number of carbonyl (C=O) groups excluding carboxylic acids is 1. The van der Waals surface area contributed by atoms with E-state index >= 15 is 0 Å². The summed E-state index contributed by atoms with van der Waals surface area (Å²) in [5, 5.41) is 10.0. The van der Waals surface area contributed by atoms with E-state index in [0.29, 0.717) is 11.4 Å². The number of allylic oxidation sites excluding steroid dienone is 2. The van der Waals surface area contributed by atoms with Gasteiger partial charge in [-0.1, -0.05) is 6.08 Å². The monoisotopic (exact) mass is 501 g/mol. The molecule has 0 radical (unpaired) electrons. The van der Waals surface area contributed by atoms with Gasteiger partial charge in [-0.2, -0.15) is 10.1 Å². The molecule has 3 rings (SSSR count). The molecule has 6 nitrogen and oxygen atoms in total. The van der Waals surface area contributed by atoms with Crippen molar-refractivity contribution in [3.63, 3.8) is 0 Å². The van der Waals surface area contributed by atoms with Gasteiger partial charge >= 0.3 is 0 Å². The van der Waals surface area contributed by atoms with Gasteiger partial charge in [-0.3, -0.25) is 8.77 Å². The van der Waals surface area contributed by atoms with Gasteiger partial charge in [0.25, 0.3) is 0 Å². The Labute approximate surface area is 172 Å². The minimum atomic E-state index is -0.290.